The molecule has 0 rings (SSSR count). The molecule has 8 heteroatoms. The molecule has 0 aliphatic rings. The molecule has 0 aromatic carbocycles. The van der Waals surface area contributed by atoms with Crippen molar-refractivity contribution in [2.45, 2.75) is 26.7 Å². The zero-order valence-electron chi connectivity index (χ0n) is 11.1. The van der Waals surface area contributed by atoms with E-state index in [9.17, 15) is 18.6 Å². The lowest BCUT2D eigenvalue weighted by molar-refractivity contribution is -0.138. The van der Waals surface area contributed by atoms with E-state index in [2.05, 4.69) is 10.6 Å². The third-order valence-corrected chi connectivity index (χ3v) is 3.55. The molecular weight excluding hydrogens is 272 g/mol. The molecule has 0 bridgehead atoms. The Morgan fingerprint density at radius 1 is 1.26 bits per heavy atom. The first kappa shape index (κ1) is 17.6. The lowest BCUT2D eigenvalue weighted by Crippen LogP contribution is -2.41. The fourth-order valence-corrected chi connectivity index (χ4v) is 1.95. The Morgan fingerprint density at radius 3 is 2.42 bits per heavy atom. The van der Waals surface area contributed by atoms with E-state index in [4.69, 9.17) is 5.11 Å². The van der Waals surface area contributed by atoms with Gasteiger partial charge in [-0.15, -0.1) is 0 Å². The number of carboxylic acids is 1. The van der Waals surface area contributed by atoms with Crippen molar-refractivity contribution in [2.75, 3.05) is 18.1 Å². The van der Waals surface area contributed by atoms with E-state index >= 15 is 0 Å². The fraction of sp³-hybridized carbons (Fsp3) is 0.727. The van der Waals surface area contributed by atoms with Gasteiger partial charge in [0.25, 0.3) is 0 Å². The van der Waals surface area contributed by atoms with Crippen molar-refractivity contribution in [3.05, 3.63) is 0 Å². The van der Waals surface area contributed by atoms with Crippen molar-refractivity contribution >= 4 is 28.7 Å². The maximum Gasteiger partial charge on any atom is 0.321 e. The fourth-order valence-electron chi connectivity index (χ4n) is 1.33. The molecule has 0 saturated heterocycles. The SMILES string of the molecule is CCS(=O)CCNC(=O)NC(=O)CC(C)CC(=O)O. The van der Waals surface area contributed by atoms with Crippen LogP contribution in [0.15, 0.2) is 0 Å². The second-order valence-corrected chi connectivity index (χ2v) is 6.01. The molecule has 110 valence electrons. The van der Waals surface area contributed by atoms with Crippen molar-refractivity contribution in [2.24, 2.45) is 5.92 Å². The Bertz CT molecular complexity index is 359. The Morgan fingerprint density at radius 2 is 1.89 bits per heavy atom. The molecule has 0 aliphatic heterocycles. The summed E-state index contributed by atoms with van der Waals surface area (Å²) >= 11 is 0. The van der Waals surface area contributed by atoms with Crippen molar-refractivity contribution in [3.8, 4) is 0 Å². The number of hydrogen-bond acceptors (Lipinski definition) is 4. The Kier molecular flexibility index (Phi) is 8.77. The number of rotatable bonds is 8. The minimum absolute atomic E-state index is 0.0272. The van der Waals surface area contributed by atoms with E-state index in [1.54, 1.807) is 13.8 Å². The molecule has 0 spiro atoms. The third-order valence-electron chi connectivity index (χ3n) is 2.25. The molecule has 0 saturated carbocycles. The van der Waals surface area contributed by atoms with E-state index in [0.29, 0.717) is 11.5 Å². The van der Waals surface area contributed by atoms with Gasteiger partial charge in [0.2, 0.25) is 5.91 Å². The average molecular weight is 292 g/mol. The quantitative estimate of drug-likeness (QED) is 0.586. The topological polar surface area (TPSA) is 113 Å². The van der Waals surface area contributed by atoms with Crippen LogP contribution < -0.4 is 10.6 Å². The zero-order valence-corrected chi connectivity index (χ0v) is 11.9. The van der Waals surface area contributed by atoms with Gasteiger partial charge < -0.3 is 10.4 Å². The summed E-state index contributed by atoms with van der Waals surface area (Å²) in [6.45, 7) is 3.63. The molecule has 0 aromatic rings. The van der Waals surface area contributed by atoms with Crippen molar-refractivity contribution in [3.63, 3.8) is 0 Å². The first-order valence-electron chi connectivity index (χ1n) is 5.99. The van der Waals surface area contributed by atoms with E-state index in [1.807, 2.05) is 0 Å². The van der Waals surface area contributed by atoms with Crippen LogP contribution in [0.4, 0.5) is 4.79 Å². The Labute approximate surface area is 114 Å². The van der Waals surface area contributed by atoms with Gasteiger partial charge in [0.15, 0.2) is 0 Å². The number of carbonyl (C=O) groups is 3. The molecular formula is C11H20N2O5S. The maximum atomic E-state index is 11.4. The van der Waals surface area contributed by atoms with Gasteiger partial charge in [-0.1, -0.05) is 13.8 Å². The predicted octanol–water partition coefficient (Wildman–Crippen LogP) is 0.0817. The van der Waals surface area contributed by atoms with Gasteiger partial charge in [0, 0.05) is 41.7 Å². The first-order valence-corrected chi connectivity index (χ1v) is 7.48. The van der Waals surface area contributed by atoms with Gasteiger partial charge in [-0.05, 0) is 5.92 Å². The Balaban J connectivity index is 3.83. The predicted molar refractivity (Wildman–Crippen MR) is 71.1 cm³/mol. The lowest BCUT2D eigenvalue weighted by Gasteiger charge is -2.09. The highest BCUT2D eigenvalue weighted by Crippen LogP contribution is 2.06. The molecule has 0 heterocycles. The summed E-state index contributed by atoms with van der Waals surface area (Å²) < 4.78 is 11.1. The van der Waals surface area contributed by atoms with Crippen molar-refractivity contribution < 1.29 is 23.7 Å². The van der Waals surface area contributed by atoms with Crippen LogP contribution in [-0.2, 0) is 20.4 Å². The molecule has 3 amide bonds. The Hall–Kier alpha value is -1.44. The summed E-state index contributed by atoms with van der Waals surface area (Å²) in [6.07, 6.45) is -0.148. The molecule has 19 heavy (non-hydrogen) atoms. The average Bonchev–Trinajstić information content (AvgIpc) is 2.26. The van der Waals surface area contributed by atoms with Gasteiger partial charge in [0.05, 0.1) is 0 Å². The van der Waals surface area contributed by atoms with E-state index in [-0.39, 0.29) is 25.3 Å². The number of hydrogen-bond donors (Lipinski definition) is 3. The van der Waals surface area contributed by atoms with E-state index < -0.39 is 28.7 Å². The summed E-state index contributed by atoms with van der Waals surface area (Å²) in [5.41, 5.74) is 0. The lowest BCUT2D eigenvalue weighted by atomic mass is 10.0. The van der Waals surface area contributed by atoms with Crippen LogP contribution in [0, 0.1) is 5.92 Å². The number of urea groups is 1. The minimum Gasteiger partial charge on any atom is -0.481 e. The highest BCUT2D eigenvalue weighted by Gasteiger charge is 2.14. The number of carboxylic acid groups (broad SMARTS) is 1. The van der Waals surface area contributed by atoms with E-state index in [1.165, 1.54) is 0 Å². The molecule has 3 N–H and O–H groups in total. The van der Waals surface area contributed by atoms with Crippen molar-refractivity contribution in [1.29, 1.82) is 0 Å². The largest absolute Gasteiger partial charge is 0.481 e. The second kappa shape index (κ2) is 9.48. The van der Waals surface area contributed by atoms with Crippen LogP contribution in [0.5, 0.6) is 0 Å². The van der Waals surface area contributed by atoms with Crippen LogP contribution >= 0.6 is 0 Å². The summed E-state index contributed by atoms with van der Waals surface area (Å²) in [7, 11) is -0.965. The van der Waals surface area contributed by atoms with Gasteiger partial charge in [-0.2, -0.15) is 0 Å². The third kappa shape index (κ3) is 10.2. The molecule has 7 nitrogen and oxygen atoms in total. The highest BCUT2D eigenvalue weighted by molar-refractivity contribution is 7.84. The van der Waals surface area contributed by atoms with Gasteiger partial charge in [0.1, 0.15) is 0 Å². The van der Waals surface area contributed by atoms with Gasteiger partial charge in [-0.25, -0.2) is 4.79 Å². The molecule has 0 aromatic heterocycles. The zero-order chi connectivity index (χ0) is 14.8. The van der Waals surface area contributed by atoms with Crippen LogP contribution in [-0.4, -0.2) is 45.3 Å². The smallest absolute Gasteiger partial charge is 0.321 e. The summed E-state index contributed by atoms with van der Waals surface area (Å²) in [6, 6.07) is -0.652. The number of carbonyl (C=O) groups excluding carboxylic acids is 2. The minimum atomic E-state index is -0.980. The van der Waals surface area contributed by atoms with Gasteiger partial charge >= 0.3 is 12.0 Å². The van der Waals surface area contributed by atoms with Crippen LogP contribution in [0.2, 0.25) is 0 Å². The first-order chi connectivity index (χ1) is 8.85. The van der Waals surface area contributed by atoms with Crippen molar-refractivity contribution in [1.82, 2.24) is 10.6 Å². The van der Waals surface area contributed by atoms with Crippen LogP contribution in [0.1, 0.15) is 26.7 Å². The highest BCUT2D eigenvalue weighted by atomic mass is 32.2. The molecule has 2 atom stereocenters. The number of amides is 3. The molecule has 0 fully saturated rings. The molecule has 2 unspecified atom stereocenters. The number of aliphatic carboxylic acids is 1. The van der Waals surface area contributed by atoms with Gasteiger partial charge in [-0.3, -0.25) is 19.1 Å². The second-order valence-electron chi connectivity index (χ2n) is 4.14. The van der Waals surface area contributed by atoms with E-state index in [0.717, 1.165) is 0 Å². The monoisotopic (exact) mass is 292 g/mol. The normalized spacial score (nSPS) is 13.4. The summed E-state index contributed by atoms with van der Waals surface area (Å²) in [5.74, 6) is -0.977. The maximum absolute atomic E-state index is 11.4. The number of nitrogens with one attached hydrogen (secondary N) is 2. The van der Waals surface area contributed by atoms with Crippen LogP contribution in [0.3, 0.4) is 0 Å². The summed E-state index contributed by atoms with van der Waals surface area (Å²) in [5, 5.41) is 13.0. The number of imide groups is 1. The molecule has 0 radical (unpaired) electrons. The standard InChI is InChI=1S/C11H20N2O5S/c1-3-19(18)5-4-12-11(17)13-9(14)6-8(2)7-10(15)16/h8H,3-7H2,1-2H3,(H,15,16)(H2,12,13,14,17). The summed E-state index contributed by atoms with van der Waals surface area (Å²) in [4.78, 5) is 33.0. The molecule has 0 aliphatic carbocycles. The van der Waals surface area contributed by atoms with Crippen LogP contribution in [0.25, 0.3) is 0 Å².